The maximum atomic E-state index is 13.2. The molecule has 5 rings (SSSR count). The molecule has 1 aliphatic carbocycles. The molecule has 33 heavy (non-hydrogen) atoms. The molecule has 0 spiro atoms. The maximum Gasteiger partial charge on any atom is 0.260 e. The lowest BCUT2D eigenvalue weighted by Crippen LogP contribution is -2.18. The number of alkyl halides is 2. The van der Waals surface area contributed by atoms with Gasteiger partial charge in [-0.25, -0.2) is 18.7 Å². The monoisotopic (exact) mass is 451 g/mol. The minimum atomic E-state index is -2.93. The quantitative estimate of drug-likeness (QED) is 0.461. The lowest BCUT2D eigenvalue weighted by Gasteiger charge is -2.12. The molecular formula is C24H23F2N5O2. The third-order valence-corrected chi connectivity index (χ3v) is 5.98. The minimum absolute atomic E-state index is 0.125. The van der Waals surface area contributed by atoms with Gasteiger partial charge in [0, 0.05) is 59.9 Å². The molecule has 4 aromatic rings. The Balaban J connectivity index is 1.57. The summed E-state index contributed by atoms with van der Waals surface area (Å²) < 4.78 is 28.4. The van der Waals surface area contributed by atoms with E-state index in [1.807, 2.05) is 42.8 Å². The molecule has 1 fully saturated rings. The van der Waals surface area contributed by atoms with Crippen molar-refractivity contribution in [2.75, 3.05) is 11.9 Å². The van der Waals surface area contributed by atoms with Crippen molar-refractivity contribution in [1.82, 2.24) is 19.4 Å². The number of hydrogen-bond acceptors (Lipinski definition) is 5. The van der Waals surface area contributed by atoms with E-state index in [-0.39, 0.29) is 12.4 Å². The van der Waals surface area contributed by atoms with Crippen LogP contribution in [0.15, 0.2) is 36.8 Å². The zero-order valence-corrected chi connectivity index (χ0v) is 18.3. The van der Waals surface area contributed by atoms with E-state index in [4.69, 9.17) is 10.1 Å². The van der Waals surface area contributed by atoms with Crippen molar-refractivity contribution in [3.63, 3.8) is 0 Å². The highest BCUT2D eigenvalue weighted by Crippen LogP contribution is 2.49. The van der Waals surface area contributed by atoms with Gasteiger partial charge in [-0.2, -0.15) is 0 Å². The van der Waals surface area contributed by atoms with Crippen LogP contribution in [0.5, 0.6) is 0 Å². The van der Waals surface area contributed by atoms with Crippen LogP contribution >= 0.6 is 0 Å². The van der Waals surface area contributed by atoms with Gasteiger partial charge in [-0.15, -0.1) is 0 Å². The number of rotatable bonds is 6. The normalized spacial score (nSPS) is 16.9. The SMILES string of the molecule is Cc1cn2c(n1)c(-c1cnc(CCCO)cc1C)cc1cnc(NC(=O)[C@H]3CC3(F)F)cc12. The molecule has 2 N–H and O–H groups in total. The van der Waals surface area contributed by atoms with Crippen molar-refractivity contribution in [2.45, 2.75) is 39.0 Å². The topological polar surface area (TPSA) is 92.4 Å². The van der Waals surface area contributed by atoms with Crippen molar-refractivity contribution in [3.05, 3.63) is 53.7 Å². The predicted molar refractivity (Wildman–Crippen MR) is 120 cm³/mol. The van der Waals surface area contributed by atoms with Crippen LogP contribution in [0.25, 0.3) is 27.7 Å². The van der Waals surface area contributed by atoms with Crippen molar-refractivity contribution in [2.24, 2.45) is 5.92 Å². The first-order valence-corrected chi connectivity index (χ1v) is 10.8. The second-order valence-electron chi connectivity index (χ2n) is 8.59. The standard InChI is InChI=1S/C24H23F2N5O2/c1-13-6-16(4-3-5-32)27-11-18(13)17-7-15-10-28-21(30-23(33)19-9-24(19,25)26)8-20(15)31-12-14(2)29-22(17)31/h6-8,10-12,19,32H,3-5,9H2,1-2H3,(H,28,30,33)/t19-/m1/s1. The van der Waals surface area contributed by atoms with E-state index in [1.165, 1.54) is 0 Å². The molecule has 0 radical (unpaired) electrons. The molecule has 170 valence electrons. The Hall–Kier alpha value is -3.46. The minimum Gasteiger partial charge on any atom is -0.396 e. The van der Waals surface area contributed by atoms with E-state index in [0.29, 0.717) is 12.8 Å². The van der Waals surface area contributed by atoms with Gasteiger partial charge in [-0.05, 0) is 44.4 Å². The van der Waals surface area contributed by atoms with Gasteiger partial charge in [-0.3, -0.25) is 14.2 Å². The molecule has 4 aromatic heterocycles. The summed E-state index contributed by atoms with van der Waals surface area (Å²) in [6, 6.07) is 5.67. The number of carbonyl (C=O) groups is 1. The molecule has 9 heteroatoms. The average Bonchev–Trinajstić information content (AvgIpc) is 3.23. The van der Waals surface area contributed by atoms with Crippen molar-refractivity contribution >= 4 is 28.3 Å². The van der Waals surface area contributed by atoms with Gasteiger partial charge in [0.25, 0.3) is 5.92 Å². The van der Waals surface area contributed by atoms with Crippen LogP contribution in [-0.4, -0.2) is 42.9 Å². The highest BCUT2D eigenvalue weighted by molar-refractivity contribution is 5.97. The number of pyridine rings is 3. The van der Waals surface area contributed by atoms with Gasteiger partial charge in [0.05, 0.1) is 11.2 Å². The summed E-state index contributed by atoms with van der Waals surface area (Å²) in [5.41, 5.74) is 6.10. The van der Waals surface area contributed by atoms with E-state index < -0.39 is 24.2 Å². The largest absolute Gasteiger partial charge is 0.396 e. The highest BCUT2D eigenvalue weighted by Gasteiger charge is 2.61. The summed E-state index contributed by atoms with van der Waals surface area (Å²) in [5, 5.41) is 12.4. The lowest BCUT2D eigenvalue weighted by atomic mass is 10.0. The summed E-state index contributed by atoms with van der Waals surface area (Å²) in [5.74, 6) is -4.71. The molecule has 0 bridgehead atoms. The van der Waals surface area contributed by atoms with Crippen LogP contribution in [0.1, 0.15) is 29.8 Å². The predicted octanol–water partition coefficient (Wildman–Crippen LogP) is 4.08. The van der Waals surface area contributed by atoms with Crippen LogP contribution in [0.4, 0.5) is 14.6 Å². The number of amides is 1. The van der Waals surface area contributed by atoms with Crippen molar-refractivity contribution in [3.8, 4) is 11.1 Å². The zero-order valence-electron chi connectivity index (χ0n) is 18.3. The van der Waals surface area contributed by atoms with Gasteiger partial charge in [-0.1, -0.05) is 0 Å². The number of aliphatic hydroxyl groups is 1. The number of fused-ring (bicyclic) bond motifs is 3. The molecular weight excluding hydrogens is 428 g/mol. The zero-order chi connectivity index (χ0) is 23.3. The average molecular weight is 451 g/mol. The Labute approximate surface area is 188 Å². The van der Waals surface area contributed by atoms with Gasteiger partial charge in [0.15, 0.2) is 0 Å². The lowest BCUT2D eigenvalue weighted by molar-refractivity contribution is -0.119. The number of nitrogens with one attached hydrogen (secondary N) is 1. The number of aromatic nitrogens is 4. The molecule has 0 aliphatic heterocycles. The number of halogens is 2. The summed E-state index contributed by atoms with van der Waals surface area (Å²) in [7, 11) is 0. The second kappa shape index (κ2) is 7.84. The van der Waals surface area contributed by atoms with Crippen LogP contribution < -0.4 is 5.32 Å². The summed E-state index contributed by atoms with van der Waals surface area (Å²) in [6.07, 6.45) is 6.28. The van der Waals surface area contributed by atoms with E-state index in [1.54, 1.807) is 12.3 Å². The molecule has 0 unspecified atom stereocenters. The van der Waals surface area contributed by atoms with Gasteiger partial charge < -0.3 is 10.4 Å². The Morgan fingerprint density at radius 3 is 2.70 bits per heavy atom. The molecule has 0 saturated heterocycles. The molecule has 0 aromatic carbocycles. The van der Waals surface area contributed by atoms with E-state index >= 15 is 0 Å². The van der Waals surface area contributed by atoms with E-state index in [2.05, 4.69) is 15.3 Å². The van der Waals surface area contributed by atoms with Crippen LogP contribution in [-0.2, 0) is 11.2 Å². The first kappa shape index (κ1) is 21.4. The molecule has 1 amide bonds. The van der Waals surface area contributed by atoms with Crippen LogP contribution in [0, 0.1) is 19.8 Å². The third kappa shape index (κ3) is 3.93. The van der Waals surface area contributed by atoms with E-state index in [0.717, 1.165) is 44.6 Å². The maximum absolute atomic E-state index is 13.2. The van der Waals surface area contributed by atoms with Gasteiger partial charge in [0.1, 0.15) is 17.4 Å². The molecule has 4 heterocycles. The number of aliphatic hydroxyl groups excluding tert-OH is 1. The smallest absolute Gasteiger partial charge is 0.260 e. The fraction of sp³-hybridized carbons (Fsp3) is 0.333. The molecule has 1 saturated carbocycles. The summed E-state index contributed by atoms with van der Waals surface area (Å²) in [4.78, 5) is 25.6. The van der Waals surface area contributed by atoms with Gasteiger partial charge in [0.2, 0.25) is 5.91 Å². The fourth-order valence-electron chi connectivity index (χ4n) is 4.14. The number of imidazole rings is 1. The molecule has 7 nitrogen and oxygen atoms in total. The first-order valence-electron chi connectivity index (χ1n) is 10.8. The number of hydrogen-bond donors (Lipinski definition) is 2. The third-order valence-electron chi connectivity index (χ3n) is 5.98. The van der Waals surface area contributed by atoms with Crippen molar-refractivity contribution < 1.29 is 18.7 Å². The summed E-state index contributed by atoms with van der Waals surface area (Å²) >= 11 is 0. The highest BCUT2D eigenvalue weighted by atomic mass is 19.3. The van der Waals surface area contributed by atoms with Crippen LogP contribution in [0.2, 0.25) is 0 Å². The Bertz CT molecular complexity index is 1400. The van der Waals surface area contributed by atoms with Crippen LogP contribution in [0.3, 0.4) is 0 Å². The molecule has 1 atom stereocenters. The summed E-state index contributed by atoms with van der Waals surface area (Å²) in [6.45, 7) is 4.03. The number of carbonyl (C=O) groups excluding carboxylic acids is 1. The fourth-order valence-corrected chi connectivity index (χ4v) is 4.14. The number of aryl methyl sites for hydroxylation is 3. The van der Waals surface area contributed by atoms with Crippen molar-refractivity contribution in [1.29, 1.82) is 0 Å². The number of nitrogens with zero attached hydrogens (tertiary/aromatic N) is 4. The van der Waals surface area contributed by atoms with Gasteiger partial charge >= 0.3 is 0 Å². The Kier molecular flexibility index (Phi) is 5.08. The molecule has 1 aliphatic rings. The Morgan fingerprint density at radius 1 is 1.21 bits per heavy atom. The first-order chi connectivity index (χ1) is 15.8. The van der Waals surface area contributed by atoms with E-state index in [9.17, 15) is 13.6 Å². The number of anilines is 1. The Morgan fingerprint density at radius 2 is 2.00 bits per heavy atom. The second-order valence-corrected chi connectivity index (χ2v) is 8.59.